The van der Waals surface area contributed by atoms with Gasteiger partial charge in [-0.3, -0.25) is 0 Å². The lowest BCUT2D eigenvalue weighted by atomic mass is 9.81. The van der Waals surface area contributed by atoms with E-state index in [2.05, 4.69) is 0 Å². The van der Waals surface area contributed by atoms with Gasteiger partial charge in [-0.15, -0.1) is 0 Å². The summed E-state index contributed by atoms with van der Waals surface area (Å²) >= 11 is 0. The van der Waals surface area contributed by atoms with E-state index in [1.165, 1.54) is 6.08 Å². The van der Waals surface area contributed by atoms with Crippen molar-refractivity contribution in [3.63, 3.8) is 0 Å². The number of rotatable bonds is 5. The molecule has 0 aromatic heterocycles. The van der Waals surface area contributed by atoms with Crippen molar-refractivity contribution in [2.75, 3.05) is 6.61 Å². The highest BCUT2D eigenvalue weighted by atomic mass is 16.6. The van der Waals surface area contributed by atoms with Gasteiger partial charge in [-0.2, -0.15) is 0 Å². The number of hydrogen-bond acceptors (Lipinski definition) is 4. The molecule has 0 heterocycles. The molecule has 0 unspecified atom stereocenters. The molecule has 4 heteroatoms. The van der Waals surface area contributed by atoms with Crippen molar-refractivity contribution in [3.8, 4) is 0 Å². The summed E-state index contributed by atoms with van der Waals surface area (Å²) in [7, 11) is 0. The Kier molecular flexibility index (Phi) is 6.04. The van der Waals surface area contributed by atoms with Crippen LogP contribution in [0.1, 0.15) is 41.5 Å². The third-order valence-corrected chi connectivity index (χ3v) is 2.65. The summed E-state index contributed by atoms with van der Waals surface area (Å²) in [6.07, 6.45) is 2.21. The second kappa shape index (κ2) is 6.34. The molecule has 0 aliphatic heterocycles. The first kappa shape index (κ1) is 17.1. The molecule has 106 valence electrons. The minimum Gasteiger partial charge on any atom is -0.457 e. The van der Waals surface area contributed by atoms with Crippen molar-refractivity contribution < 1.29 is 19.7 Å². The third-order valence-electron chi connectivity index (χ3n) is 2.65. The summed E-state index contributed by atoms with van der Waals surface area (Å²) in [5, 5.41) is 19.2. The smallest absolute Gasteiger partial charge is 0.330 e. The Hall–Kier alpha value is -0.870. The number of carbonyl (C=O) groups is 1. The number of aliphatic hydroxyl groups excluding tert-OH is 2. The lowest BCUT2D eigenvalue weighted by molar-refractivity contribution is -0.148. The Morgan fingerprint density at radius 1 is 1.28 bits per heavy atom. The van der Waals surface area contributed by atoms with E-state index in [9.17, 15) is 9.90 Å². The number of esters is 1. The van der Waals surface area contributed by atoms with Gasteiger partial charge >= 0.3 is 5.97 Å². The molecule has 0 radical (unpaired) electrons. The molecule has 18 heavy (non-hydrogen) atoms. The van der Waals surface area contributed by atoms with Crippen LogP contribution in [0.5, 0.6) is 0 Å². The van der Waals surface area contributed by atoms with Crippen molar-refractivity contribution in [2.45, 2.75) is 53.2 Å². The van der Waals surface area contributed by atoms with E-state index in [4.69, 9.17) is 9.84 Å². The van der Waals surface area contributed by atoms with Gasteiger partial charge in [0.1, 0.15) is 5.60 Å². The van der Waals surface area contributed by atoms with Crippen LogP contribution < -0.4 is 0 Å². The molecule has 4 nitrogen and oxygen atoms in total. The van der Waals surface area contributed by atoms with Crippen molar-refractivity contribution in [3.05, 3.63) is 12.2 Å². The fraction of sp³-hybridized carbons (Fsp3) is 0.786. The highest BCUT2D eigenvalue weighted by Crippen LogP contribution is 2.26. The van der Waals surface area contributed by atoms with Crippen LogP contribution in [0.3, 0.4) is 0 Å². The highest BCUT2D eigenvalue weighted by Gasteiger charge is 2.30. The van der Waals surface area contributed by atoms with Crippen LogP contribution in [0.15, 0.2) is 12.2 Å². The van der Waals surface area contributed by atoms with Crippen LogP contribution in [-0.4, -0.2) is 34.5 Å². The van der Waals surface area contributed by atoms with Crippen LogP contribution in [0.2, 0.25) is 0 Å². The quantitative estimate of drug-likeness (QED) is 0.584. The lowest BCUT2D eigenvalue weighted by Crippen LogP contribution is -2.37. The molecule has 2 atom stereocenters. The molecule has 0 aliphatic rings. The number of ether oxygens (including phenoxy) is 1. The Labute approximate surface area is 110 Å². The Morgan fingerprint density at radius 2 is 1.78 bits per heavy atom. The number of hydrogen-bond donors (Lipinski definition) is 2. The molecule has 0 fully saturated rings. The summed E-state index contributed by atoms with van der Waals surface area (Å²) < 4.78 is 5.12. The fourth-order valence-corrected chi connectivity index (χ4v) is 1.48. The van der Waals surface area contributed by atoms with Crippen LogP contribution in [-0.2, 0) is 9.53 Å². The molecule has 0 aromatic carbocycles. The molecule has 0 saturated carbocycles. The van der Waals surface area contributed by atoms with Gasteiger partial charge in [-0.05, 0) is 20.8 Å². The van der Waals surface area contributed by atoms with E-state index in [1.54, 1.807) is 47.6 Å². The van der Waals surface area contributed by atoms with Crippen molar-refractivity contribution >= 4 is 5.97 Å². The van der Waals surface area contributed by atoms with Gasteiger partial charge in [0.2, 0.25) is 0 Å². The first-order chi connectivity index (χ1) is 7.99. The molecule has 0 rings (SSSR count). The molecule has 0 spiro atoms. The molecule has 0 saturated heterocycles. The molecular formula is C14H26O4. The fourth-order valence-electron chi connectivity index (χ4n) is 1.48. The molecule has 0 aliphatic carbocycles. The van der Waals surface area contributed by atoms with Gasteiger partial charge < -0.3 is 14.9 Å². The predicted molar refractivity (Wildman–Crippen MR) is 71.0 cm³/mol. The summed E-state index contributed by atoms with van der Waals surface area (Å²) in [5.74, 6) is -0.664. The maximum absolute atomic E-state index is 11.5. The Bertz CT molecular complexity index is 299. The predicted octanol–water partition coefficient (Wildman–Crippen LogP) is 1.90. The SMILES string of the molecule is C[C@H](/C=C/C(=O)OC(C)(C)C)[C@@H](O)C(C)(C)CO. The average molecular weight is 258 g/mol. The Morgan fingerprint density at radius 3 is 2.17 bits per heavy atom. The standard InChI is InChI=1S/C14H26O4/c1-10(12(17)14(5,6)9-15)7-8-11(16)18-13(2,3)4/h7-8,10,12,15,17H,9H2,1-6H3/b8-7+/t10-,12-/m1/s1. The van der Waals surface area contributed by atoms with Crippen LogP contribution in [0.25, 0.3) is 0 Å². The summed E-state index contributed by atoms with van der Waals surface area (Å²) in [5.41, 5.74) is -1.12. The van der Waals surface area contributed by atoms with Crippen LogP contribution >= 0.6 is 0 Å². The topological polar surface area (TPSA) is 66.8 Å². The zero-order chi connectivity index (χ0) is 14.6. The van der Waals surface area contributed by atoms with Crippen molar-refractivity contribution in [1.82, 2.24) is 0 Å². The first-order valence-corrected chi connectivity index (χ1v) is 6.20. The van der Waals surface area contributed by atoms with Gasteiger partial charge in [0.25, 0.3) is 0 Å². The van der Waals surface area contributed by atoms with Crippen LogP contribution in [0, 0.1) is 11.3 Å². The second-order valence-corrected chi connectivity index (χ2v) is 6.34. The zero-order valence-corrected chi connectivity index (χ0v) is 12.2. The van der Waals surface area contributed by atoms with Gasteiger partial charge in [0.05, 0.1) is 12.7 Å². The lowest BCUT2D eigenvalue weighted by Gasteiger charge is -2.31. The number of aliphatic hydroxyl groups is 2. The molecular weight excluding hydrogens is 232 g/mol. The molecule has 0 bridgehead atoms. The largest absolute Gasteiger partial charge is 0.457 e. The van der Waals surface area contributed by atoms with Crippen molar-refractivity contribution in [2.24, 2.45) is 11.3 Å². The minimum absolute atomic E-state index is 0.112. The molecule has 0 amide bonds. The van der Waals surface area contributed by atoms with Gasteiger partial charge in [-0.1, -0.05) is 26.8 Å². The highest BCUT2D eigenvalue weighted by molar-refractivity contribution is 5.82. The number of carbonyl (C=O) groups excluding carboxylic acids is 1. The van der Waals surface area contributed by atoms with Gasteiger partial charge in [0.15, 0.2) is 0 Å². The van der Waals surface area contributed by atoms with Gasteiger partial charge in [0, 0.05) is 17.4 Å². The Balaban J connectivity index is 4.48. The maximum Gasteiger partial charge on any atom is 0.330 e. The molecule has 2 N–H and O–H groups in total. The summed E-state index contributed by atoms with van der Waals surface area (Å²) in [6, 6.07) is 0. The monoisotopic (exact) mass is 258 g/mol. The van der Waals surface area contributed by atoms with Crippen LogP contribution in [0.4, 0.5) is 0 Å². The van der Waals surface area contributed by atoms with E-state index in [1.807, 2.05) is 0 Å². The van der Waals surface area contributed by atoms with E-state index >= 15 is 0 Å². The zero-order valence-electron chi connectivity index (χ0n) is 12.2. The third kappa shape index (κ3) is 6.17. The van der Waals surface area contributed by atoms with Crippen molar-refractivity contribution in [1.29, 1.82) is 0 Å². The summed E-state index contributed by atoms with van der Waals surface area (Å²) in [4.78, 5) is 11.5. The normalized spacial score (nSPS) is 16.7. The average Bonchev–Trinajstić information content (AvgIpc) is 2.22. The van der Waals surface area contributed by atoms with E-state index < -0.39 is 23.1 Å². The second-order valence-electron chi connectivity index (χ2n) is 6.34. The summed E-state index contributed by atoms with van der Waals surface area (Å²) in [6.45, 7) is 10.6. The molecule has 0 aromatic rings. The maximum atomic E-state index is 11.5. The van der Waals surface area contributed by atoms with Gasteiger partial charge in [-0.25, -0.2) is 4.79 Å². The minimum atomic E-state index is -0.721. The van der Waals surface area contributed by atoms with E-state index in [0.717, 1.165) is 0 Å². The van der Waals surface area contributed by atoms with E-state index in [-0.39, 0.29) is 12.5 Å². The van der Waals surface area contributed by atoms with E-state index in [0.29, 0.717) is 0 Å². The first-order valence-electron chi connectivity index (χ1n) is 6.20.